The molecule has 1 aromatic carbocycles. The van der Waals surface area contributed by atoms with Gasteiger partial charge in [0.2, 0.25) is 8.03 Å². The molecule has 68 valence electrons. The van der Waals surface area contributed by atoms with Gasteiger partial charge in [0, 0.05) is 0 Å². The van der Waals surface area contributed by atoms with Gasteiger partial charge in [0.25, 0.3) is 0 Å². The van der Waals surface area contributed by atoms with E-state index in [9.17, 15) is 4.57 Å². The van der Waals surface area contributed by atoms with Crippen molar-refractivity contribution < 1.29 is 14.6 Å². The van der Waals surface area contributed by atoms with Crippen molar-refractivity contribution in [1.29, 1.82) is 0 Å². The quantitative estimate of drug-likeness (QED) is 0.544. The molecule has 0 radical (unpaired) electrons. The molecule has 0 aliphatic heterocycles. The van der Waals surface area contributed by atoms with Gasteiger partial charge in [-0.05, 0) is 5.56 Å². The summed E-state index contributed by atoms with van der Waals surface area (Å²) in [6, 6.07) is 8.43. The molecular weight excluding hydrogens is 243 g/mol. The van der Waals surface area contributed by atoms with Crippen LogP contribution in [0.15, 0.2) is 30.3 Å². The molecule has 3 nitrogen and oxygen atoms in total. The summed E-state index contributed by atoms with van der Waals surface area (Å²) in [5, 5.41) is 9.08. The van der Waals surface area contributed by atoms with Gasteiger partial charge in [-0.25, -0.2) is 0 Å². The van der Waals surface area contributed by atoms with Crippen molar-refractivity contribution >= 4 is 83.5 Å². The average Bonchev–Trinajstić information content (AvgIpc) is 2.05. The van der Waals surface area contributed by atoms with Crippen molar-refractivity contribution in [2.24, 2.45) is 0 Å². The number of hydrogen-bond donors (Lipinski definition) is 2. The molecule has 0 aliphatic carbocycles. The van der Waals surface area contributed by atoms with Crippen LogP contribution >= 0.6 is 8.03 Å². The molecule has 13 heavy (non-hydrogen) atoms. The van der Waals surface area contributed by atoms with E-state index < -0.39 is 13.9 Å². The zero-order chi connectivity index (χ0) is 8.27. The van der Waals surface area contributed by atoms with Crippen LogP contribution in [0.25, 0.3) is 0 Å². The molecule has 2 atom stereocenters. The predicted molar refractivity (Wildman–Crippen MR) is 59.7 cm³/mol. The van der Waals surface area contributed by atoms with E-state index in [-0.39, 0.29) is 75.5 Å². The van der Waals surface area contributed by atoms with Crippen molar-refractivity contribution in [3.05, 3.63) is 35.9 Å². The van der Waals surface area contributed by atoms with Crippen molar-refractivity contribution in [2.75, 3.05) is 0 Å². The third-order valence-corrected chi connectivity index (χ3v) is 2.15. The number of rotatable bonds is 2. The number of aliphatic hydroxyl groups excluding tert-OH is 1. The normalized spacial score (nSPS) is 13.4. The summed E-state index contributed by atoms with van der Waals surface area (Å²) in [5.74, 6) is -1.22. The van der Waals surface area contributed by atoms with E-state index in [2.05, 4.69) is 0 Å². The summed E-state index contributed by atoms with van der Waals surface area (Å²) < 4.78 is 10.4. The van der Waals surface area contributed by atoms with Crippen LogP contribution in [-0.4, -0.2) is 85.5 Å². The Balaban J connectivity index is 0. The van der Waals surface area contributed by atoms with Crippen LogP contribution in [0, 0.1) is 0 Å². The Kier molecular flexibility index (Phi) is 12.2. The Labute approximate surface area is 137 Å². The zero-order valence-electron chi connectivity index (χ0n) is 5.77. The molecule has 2 N–H and O–H groups in total. The van der Waals surface area contributed by atoms with Gasteiger partial charge in [-0.2, -0.15) is 0 Å². The van der Waals surface area contributed by atoms with Gasteiger partial charge < -0.3 is 10.00 Å². The van der Waals surface area contributed by atoms with Gasteiger partial charge >= 0.3 is 75.5 Å². The molecule has 2 unspecified atom stereocenters. The Bertz CT molecular complexity index is 255. The summed E-state index contributed by atoms with van der Waals surface area (Å²) >= 11 is 0. The third-order valence-electron chi connectivity index (χ3n) is 1.35. The Hall–Kier alpha value is 1.89. The van der Waals surface area contributed by atoms with Crippen LogP contribution in [0.2, 0.25) is 0 Å². The zero-order valence-corrected chi connectivity index (χ0v) is 6.77. The Morgan fingerprint density at radius 1 is 1.15 bits per heavy atom. The van der Waals surface area contributed by atoms with Gasteiger partial charge in [-0.3, -0.25) is 4.57 Å². The number of aliphatic hydroxyl groups is 1. The fourth-order valence-electron chi connectivity index (χ4n) is 0.778. The third kappa shape index (κ3) is 6.14. The molecule has 0 aromatic heterocycles. The van der Waals surface area contributed by atoms with Crippen LogP contribution < -0.4 is 0 Å². The van der Waals surface area contributed by atoms with E-state index >= 15 is 0 Å². The van der Waals surface area contributed by atoms with Gasteiger partial charge in [-0.15, -0.1) is 0 Å². The number of hydrogen-bond acceptors (Lipinski definition) is 2. The minimum atomic E-state index is -2.86. The molecule has 0 spiro atoms. The van der Waals surface area contributed by atoms with Gasteiger partial charge in [0.05, 0.1) is 0 Å². The van der Waals surface area contributed by atoms with E-state index in [1.807, 2.05) is 0 Å². The van der Waals surface area contributed by atoms with E-state index in [4.69, 9.17) is 10.00 Å². The summed E-state index contributed by atoms with van der Waals surface area (Å²) in [5.41, 5.74) is 0.485. The molecular formula is C7H13Ca2O3P. The first-order chi connectivity index (χ1) is 5.22. The molecule has 0 amide bonds. The van der Waals surface area contributed by atoms with Crippen LogP contribution in [0.5, 0.6) is 0 Å². The fourth-order valence-corrected chi connectivity index (χ4v) is 1.26. The first-order valence-corrected chi connectivity index (χ1v) is 4.61. The predicted octanol–water partition coefficient (Wildman–Crippen LogP) is -0.688. The van der Waals surface area contributed by atoms with Crippen molar-refractivity contribution in [3.8, 4) is 0 Å². The first kappa shape index (κ1) is 17.3. The Morgan fingerprint density at radius 2 is 1.62 bits per heavy atom. The molecule has 0 fully saturated rings. The molecule has 0 heterocycles. The molecule has 1 aromatic rings. The van der Waals surface area contributed by atoms with Crippen LogP contribution in [0.3, 0.4) is 0 Å². The monoisotopic (exact) mass is 256 g/mol. The average molecular weight is 256 g/mol. The minimum absolute atomic E-state index is 0. The van der Waals surface area contributed by atoms with Crippen LogP contribution in [-0.2, 0) is 4.57 Å². The van der Waals surface area contributed by atoms with E-state index in [1.165, 1.54) is 0 Å². The molecule has 6 heteroatoms. The van der Waals surface area contributed by atoms with Gasteiger partial charge in [0.15, 0.2) is 5.85 Å². The summed E-state index contributed by atoms with van der Waals surface area (Å²) in [7, 11) is -2.86. The van der Waals surface area contributed by atoms with E-state index in [0.29, 0.717) is 5.56 Å². The maximum absolute atomic E-state index is 10.4. The molecule has 0 bridgehead atoms. The SMILES string of the molecule is O=[PH](O)C(O)c1ccccc1.[CaH2].[CaH2]. The molecule has 0 saturated carbocycles. The molecule has 0 saturated heterocycles. The number of benzene rings is 1. The second kappa shape index (κ2) is 9.14. The molecule has 1 rings (SSSR count). The van der Waals surface area contributed by atoms with Crippen LogP contribution in [0.4, 0.5) is 0 Å². The van der Waals surface area contributed by atoms with Crippen molar-refractivity contribution in [2.45, 2.75) is 5.85 Å². The van der Waals surface area contributed by atoms with Gasteiger partial charge in [0.1, 0.15) is 0 Å². The summed E-state index contributed by atoms with van der Waals surface area (Å²) in [6.07, 6.45) is 0. The van der Waals surface area contributed by atoms with Gasteiger partial charge in [-0.1, -0.05) is 30.3 Å². The Morgan fingerprint density at radius 3 is 2.00 bits per heavy atom. The summed E-state index contributed by atoms with van der Waals surface area (Å²) in [6.45, 7) is 0. The van der Waals surface area contributed by atoms with Crippen molar-refractivity contribution in [1.82, 2.24) is 0 Å². The maximum atomic E-state index is 10.4. The summed E-state index contributed by atoms with van der Waals surface area (Å²) in [4.78, 5) is 8.57. The molecule has 0 aliphatic rings. The second-order valence-electron chi connectivity index (χ2n) is 2.15. The first-order valence-electron chi connectivity index (χ1n) is 3.17. The van der Waals surface area contributed by atoms with E-state index in [1.54, 1.807) is 30.3 Å². The topological polar surface area (TPSA) is 57.5 Å². The van der Waals surface area contributed by atoms with Crippen molar-refractivity contribution in [3.63, 3.8) is 0 Å². The standard InChI is InChI=1S/C7H9O3P.2Ca.4H/c8-7(11(9)10)6-4-2-1-3-5-6;;;;;;/h1-5,7-8,11H,(H,9,10);;;;;;. The van der Waals surface area contributed by atoms with E-state index in [0.717, 1.165) is 0 Å². The van der Waals surface area contributed by atoms with Crippen LogP contribution in [0.1, 0.15) is 11.4 Å². The fraction of sp³-hybridized carbons (Fsp3) is 0.143. The second-order valence-corrected chi connectivity index (χ2v) is 3.37.